The number of rotatable bonds is 3. The van der Waals surface area contributed by atoms with Crippen molar-refractivity contribution < 1.29 is 4.39 Å². The van der Waals surface area contributed by atoms with E-state index in [-0.39, 0.29) is 0 Å². The molecule has 0 bridgehead atoms. The molecule has 0 spiro atoms. The summed E-state index contributed by atoms with van der Waals surface area (Å²) in [5.74, 6) is 0.897. The molecule has 1 aliphatic rings. The van der Waals surface area contributed by atoms with Crippen molar-refractivity contribution in [2.24, 2.45) is 7.05 Å². The van der Waals surface area contributed by atoms with Crippen LogP contribution in [-0.4, -0.2) is 32.8 Å². The van der Waals surface area contributed by atoms with Crippen molar-refractivity contribution in [2.45, 2.75) is 25.7 Å². The topological polar surface area (TPSA) is 70.6 Å². The van der Waals surface area contributed by atoms with Gasteiger partial charge in [0.15, 0.2) is 0 Å². The molecule has 1 fully saturated rings. The minimum absolute atomic E-state index is 0.358. The predicted octanol–water partition coefficient (Wildman–Crippen LogP) is 3.58. The van der Waals surface area contributed by atoms with Crippen LogP contribution >= 0.6 is 0 Å². The van der Waals surface area contributed by atoms with Gasteiger partial charge in [0.2, 0.25) is 5.95 Å². The Labute approximate surface area is 163 Å². The van der Waals surface area contributed by atoms with Crippen molar-refractivity contribution in [1.29, 1.82) is 5.26 Å². The molecule has 0 radical (unpaired) electrons. The quantitative estimate of drug-likeness (QED) is 0.654. The first-order valence-electron chi connectivity index (χ1n) is 9.33. The van der Waals surface area contributed by atoms with Crippen LogP contribution in [0.5, 0.6) is 0 Å². The normalized spacial score (nSPS) is 14.9. The Kier molecular flexibility index (Phi) is 4.78. The van der Waals surface area contributed by atoms with Gasteiger partial charge in [-0.15, -0.1) is 10.2 Å². The highest BCUT2D eigenvalue weighted by Crippen LogP contribution is 2.37. The van der Waals surface area contributed by atoms with Gasteiger partial charge in [0, 0.05) is 48.9 Å². The number of pyridine rings is 1. The summed E-state index contributed by atoms with van der Waals surface area (Å²) in [5, 5.41) is 17.9. The molecule has 0 aliphatic carbocycles. The monoisotopic (exact) mass is 376 g/mol. The Balaban J connectivity index is 1.67. The summed E-state index contributed by atoms with van der Waals surface area (Å²) in [5.41, 5.74) is 3.74. The fraction of sp³-hybridized carbons (Fsp3) is 0.333. The second-order valence-electron chi connectivity index (χ2n) is 7.21. The number of nitrogens with zero attached hydrogens (tertiary/aromatic N) is 6. The lowest BCUT2D eigenvalue weighted by Crippen LogP contribution is -2.34. The summed E-state index contributed by atoms with van der Waals surface area (Å²) in [7, 11) is 1.97. The summed E-state index contributed by atoms with van der Waals surface area (Å²) in [4.78, 5) is 6.12. The van der Waals surface area contributed by atoms with E-state index in [0.717, 1.165) is 48.6 Å². The van der Waals surface area contributed by atoms with Gasteiger partial charge in [0.1, 0.15) is 18.2 Å². The average molecular weight is 376 g/mol. The molecule has 2 aromatic heterocycles. The molecular formula is C21H21FN6. The lowest BCUT2D eigenvalue weighted by atomic mass is 9.93. The van der Waals surface area contributed by atoms with Gasteiger partial charge in [0.25, 0.3) is 0 Å². The smallest absolute Gasteiger partial charge is 0.215 e. The van der Waals surface area contributed by atoms with Crippen molar-refractivity contribution in [2.75, 3.05) is 18.0 Å². The first kappa shape index (κ1) is 18.1. The van der Waals surface area contributed by atoms with E-state index in [1.54, 1.807) is 19.3 Å². The number of benzene rings is 1. The Hall–Kier alpha value is -3.27. The number of hydrogen-bond acceptors (Lipinski definition) is 5. The summed E-state index contributed by atoms with van der Waals surface area (Å²) in [6.07, 6.45) is 5.14. The molecule has 7 heteroatoms. The van der Waals surface area contributed by atoms with Crippen LogP contribution in [0.4, 0.5) is 10.1 Å². The van der Waals surface area contributed by atoms with Crippen LogP contribution < -0.4 is 4.90 Å². The van der Waals surface area contributed by atoms with Crippen LogP contribution in [0.3, 0.4) is 0 Å². The Bertz CT molecular complexity index is 1040. The summed E-state index contributed by atoms with van der Waals surface area (Å²) >= 11 is 0. The Morgan fingerprint density at radius 1 is 1.25 bits per heavy atom. The van der Waals surface area contributed by atoms with Crippen molar-refractivity contribution >= 4 is 5.69 Å². The third-order valence-corrected chi connectivity index (χ3v) is 5.40. The largest absolute Gasteiger partial charge is 0.370 e. The summed E-state index contributed by atoms with van der Waals surface area (Å²) in [6.45, 7) is 3.33. The van der Waals surface area contributed by atoms with E-state index < -0.39 is 5.95 Å². The zero-order chi connectivity index (χ0) is 19.7. The van der Waals surface area contributed by atoms with E-state index in [4.69, 9.17) is 0 Å². The fourth-order valence-corrected chi connectivity index (χ4v) is 3.94. The molecule has 1 aromatic carbocycles. The lowest BCUT2D eigenvalue weighted by Gasteiger charge is -2.35. The van der Waals surface area contributed by atoms with E-state index >= 15 is 0 Å². The van der Waals surface area contributed by atoms with Gasteiger partial charge in [-0.3, -0.25) is 0 Å². The maximum atomic E-state index is 13.6. The fourth-order valence-electron chi connectivity index (χ4n) is 3.94. The molecule has 1 saturated heterocycles. The number of piperidine rings is 1. The lowest BCUT2D eigenvalue weighted by molar-refractivity contribution is 0.474. The highest BCUT2D eigenvalue weighted by Gasteiger charge is 2.27. The number of anilines is 1. The molecule has 0 atom stereocenters. The molecule has 3 heterocycles. The molecule has 0 N–H and O–H groups in total. The van der Waals surface area contributed by atoms with Crippen LogP contribution in [0.1, 0.15) is 35.7 Å². The van der Waals surface area contributed by atoms with E-state index in [1.807, 2.05) is 29.8 Å². The molecule has 6 nitrogen and oxygen atoms in total. The molecule has 28 heavy (non-hydrogen) atoms. The van der Waals surface area contributed by atoms with Gasteiger partial charge < -0.3 is 9.47 Å². The molecule has 1 aliphatic heterocycles. The van der Waals surface area contributed by atoms with Gasteiger partial charge in [-0.2, -0.15) is 9.65 Å². The van der Waals surface area contributed by atoms with Crippen LogP contribution in [0.2, 0.25) is 0 Å². The zero-order valence-corrected chi connectivity index (χ0v) is 15.9. The summed E-state index contributed by atoms with van der Waals surface area (Å²) in [6, 6.07) is 9.77. The van der Waals surface area contributed by atoms with Crippen molar-refractivity contribution in [3.8, 4) is 17.2 Å². The van der Waals surface area contributed by atoms with Crippen molar-refractivity contribution in [3.63, 3.8) is 0 Å². The molecule has 4 rings (SSSR count). The highest BCUT2D eigenvalue weighted by atomic mass is 19.1. The Morgan fingerprint density at radius 3 is 2.68 bits per heavy atom. The standard InChI is InChI=1S/C21H21FN6/c1-14-10-17(12-24-20(14)22)18-5-3-4-16(11-23)19(18)28-8-6-15(7-9-28)21-26-25-13-27(21)2/h3-5,10,12-13,15H,6-9H2,1-2H3. The van der Waals surface area contributed by atoms with Crippen LogP contribution in [0.15, 0.2) is 36.8 Å². The van der Waals surface area contributed by atoms with E-state index in [0.29, 0.717) is 17.0 Å². The maximum Gasteiger partial charge on any atom is 0.215 e. The molecule has 142 valence electrons. The number of aryl methyl sites for hydroxylation is 2. The Morgan fingerprint density at radius 2 is 2.04 bits per heavy atom. The highest BCUT2D eigenvalue weighted by molar-refractivity contribution is 5.83. The molecule has 0 unspecified atom stereocenters. The molecular weight excluding hydrogens is 355 g/mol. The second kappa shape index (κ2) is 7.39. The number of hydrogen-bond donors (Lipinski definition) is 0. The van der Waals surface area contributed by atoms with E-state index in [1.165, 1.54) is 6.20 Å². The average Bonchev–Trinajstić information content (AvgIpc) is 3.15. The van der Waals surface area contributed by atoms with Gasteiger partial charge >= 0.3 is 0 Å². The minimum atomic E-state index is -0.466. The van der Waals surface area contributed by atoms with Crippen molar-refractivity contribution in [3.05, 3.63) is 59.7 Å². The number of para-hydroxylation sites is 1. The first-order chi connectivity index (χ1) is 13.6. The van der Waals surface area contributed by atoms with Gasteiger partial charge in [-0.25, -0.2) is 4.98 Å². The van der Waals surface area contributed by atoms with Gasteiger partial charge in [-0.05, 0) is 31.9 Å². The minimum Gasteiger partial charge on any atom is -0.370 e. The van der Waals surface area contributed by atoms with Crippen LogP contribution in [-0.2, 0) is 7.05 Å². The molecule has 0 saturated carbocycles. The predicted molar refractivity (Wildman–Crippen MR) is 104 cm³/mol. The number of nitriles is 1. The van der Waals surface area contributed by atoms with Crippen LogP contribution in [0.25, 0.3) is 11.1 Å². The van der Waals surface area contributed by atoms with E-state index in [9.17, 15) is 9.65 Å². The zero-order valence-electron chi connectivity index (χ0n) is 15.9. The number of halogens is 1. The number of aromatic nitrogens is 4. The third kappa shape index (κ3) is 3.22. The molecule has 3 aromatic rings. The maximum absolute atomic E-state index is 13.6. The summed E-state index contributed by atoms with van der Waals surface area (Å²) < 4.78 is 15.6. The van der Waals surface area contributed by atoms with Crippen LogP contribution in [0, 0.1) is 24.2 Å². The molecule has 0 amide bonds. The van der Waals surface area contributed by atoms with Gasteiger partial charge in [-0.1, -0.05) is 12.1 Å². The third-order valence-electron chi connectivity index (χ3n) is 5.40. The van der Waals surface area contributed by atoms with Gasteiger partial charge in [0.05, 0.1) is 11.3 Å². The van der Waals surface area contributed by atoms with Crippen molar-refractivity contribution in [1.82, 2.24) is 19.7 Å². The SMILES string of the molecule is Cc1cc(-c2cccc(C#N)c2N2CCC(c3nncn3C)CC2)cnc1F. The van der Waals surface area contributed by atoms with E-state index in [2.05, 4.69) is 26.2 Å². The first-order valence-corrected chi connectivity index (χ1v) is 9.33. The second-order valence-corrected chi connectivity index (χ2v) is 7.21.